The number of hydrogen-bond donors (Lipinski definition) is 1. The summed E-state index contributed by atoms with van der Waals surface area (Å²) in [5.41, 5.74) is 0.895. The molecule has 0 unspecified atom stereocenters. The molecule has 1 N–H and O–H groups in total. The zero-order chi connectivity index (χ0) is 13.8. The maximum atomic E-state index is 11.4. The minimum Gasteiger partial charge on any atom is -0.355 e. The molecule has 3 nitrogen and oxygen atoms in total. The van der Waals surface area contributed by atoms with Crippen molar-refractivity contribution in [1.29, 1.82) is 0 Å². The molecule has 0 fully saturated rings. The molecule has 4 heteroatoms. The highest BCUT2D eigenvalue weighted by molar-refractivity contribution is 6.30. The van der Waals surface area contributed by atoms with Crippen LogP contribution in [0.3, 0.4) is 0 Å². The number of amides is 1. The van der Waals surface area contributed by atoms with Gasteiger partial charge in [0.25, 0.3) is 0 Å². The normalized spacial score (nSPS) is 11.1. The molecule has 0 aromatic heterocycles. The number of benzene rings is 1. The van der Waals surface area contributed by atoms with Crippen molar-refractivity contribution in [3.05, 3.63) is 34.9 Å². The van der Waals surface area contributed by atoms with E-state index in [4.69, 9.17) is 11.6 Å². The van der Waals surface area contributed by atoms with Crippen LogP contribution in [0.1, 0.15) is 32.8 Å². The zero-order valence-corrected chi connectivity index (χ0v) is 11.7. The molecule has 0 aliphatic rings. The Labute approximate surface area is 113 Å². The summed E-state index contributed by atoms with van der Waals surface area (Å²) in [5.74, 6) is -0.360. The van der Waals surface area contributed by atoms with E-state index in [0.717, 1.165) is 5.56 Å². The average molecular weight is 268 g/mol. The number of nitrogens with one attached hydrogen (secondary N) is 1. The summed E-state index contributed by atoms with van der Waals surface area (Å²) >= 11 is 5.84. The Morgan fingerprint density at radius 2 is 1.78 bits per heavy atom. The van der Waals surface area contributed by atoms with Crippen LogP contribution >= 0.6 is 11.6 Å². The molecule has 1 rings (SSSR count). The molecular formula is C14H18ClNO2. The molecule has 0 spiro atoms. The summed E-state index contributed by atoms with van der Waals surface area (Å²) in [6, 6.07) is 7.55. The van der Waals surface area contributed by atoms with Crippen LogP contribution in [0.25, 0.3) is 0 Å². The van der Waals surface area contributed by atoms with Gasteiger partial charge < -0.3 is 5.32 Å². The average Bonchev–Trinajstić information content (AvgIpc) is 2.26. The van der Waals surface area contributed by atoms with E-state index in [1.54, 1.807) is 0 Å². The first kappa shape index (κ1) is 14.7. The predicted octanol–water partition coefficient (Wildman–Crippen LogP) is 2.71. The summed E-state index contributed by atoms with van der Waals surface area (Å²) in [6.45, 7) is 5.96. The maximum absolute atomic E-state index is 11.4. The molecule has 1 amide bonds. The van der Waals surface area contributed by atoms with Crippen molar-refractivity contribution in [3.63, 3.8) is 0 Å². The Balaban J connectivity index is 2.62. The van der Waals surface area contributed by atoms with Gasteiger partial charge in [-0.25, -0.2) is 0 Å². The third-order valence-electron chi connectivity index (χ3n) is 2.76. The molecular weight excluding hydrogens is 250 g/mol. The van der Waals surface area contributed by atoms with Crippen LogP contribution in [0.4, 0.5) is 0 Å². The Morgan fingerprint density at radius 3 is 2.28 bits per heavy atom. The van der Waals surface area contributed by atoms with Crippen LogP contribution in [-0.4, -0.2) is 18.2 Å². The Kier molecular flexibility index (Phi) is 4.91. The Morgan fingerprint density at radius 1 is 1.22 bits per heavy atom. The lowest BCUT2D eigenvalue weighted by Crippen LogP contribution is -2.37. The van der Waals surface area contributed by atoms with Crippen molar-refractivity contribution in [2.24, 2.45) is 0 Å². The van der Waals surface area contributed by atoms with Gasteiger partial charge >= 0.3 is 0 Å². The SMILES string of the molecule is CC(=O)CC(=O)NCC(C)(C)c1ccc(Cl)cc1. The van der Waals surface area contributed by atoms with Gasteiger partial charge in [-0.3, -0.25) is 9.59 Å². The molecule has 0 aliphatic heterocycles. The van der Waals surface area contributed by atoms with Crippen molar-refractivity contribution in [2.45, 2.75) is 32.6 Å². The number of hydrogen-bond acceptors (Lipinski definition) is 2. The number of carbonyl (C=O) groups is 2. The monoisotopic (exact) mass is 267 g/mol. The van der Waals surface area contributed by atoms with Gasteiger partial charge in [-0.05, 0) is 24.6 Å². The van der Waals surface area contributed by atoms with Crippen LogP contribution in [0.2, 0.25) is 5.02 Å². The molecule has 0 saturated carbocycles. The van der Waals surface area contributed by atoms with Gasteiger partial charge in [0.05, 0.1) is 6.42 Å². The van der Waals surface area contributed by atoms with Crippen LogP contribution in [-0.2, 0) is 15.0 Å². The van der Waals surface area contributed by atoms with Gasteiger partial charge in [-0.2, -0.15) is 0 Å². The van der Waals surface area contributed by atoms with Crippen molar-refractivity contribution in [2.75, 3.05) is 6.54 Å². The van der Waals surface area contributed by atoms with E-state index < -0.39 is 0 Å². The number of halogens is 1. The highest BCUT2D eigenvalue weighted by atomic mass is 35.5. The first-order valence-electron chi connectivity index (χ1n) is 5.83. The molecule has 98 valence electrons. The molecule has 0 radical (unpaired) electrons. The van der Waals surface area contributed by atoms with Crippen LogP contribution in [0.15, 0.2) is 24.3 Å². The molecule has 0 bridgehead atoms. The molecule has 0 heterocycles. The van der Waals surface area contributed by atoms with E-state index in [0.29, 0.717) is 11.6 Å². The summed E-state index contributed by atoms with van der Waals surface area (Å²) < 4.78 is 0. The van der Waals surface area contributed by atoms with E-state index in [9.17, 15) is 9.59 Å². The molecule has 0 aliphatic carbocycles. The van der Waals surface area contributed by atoms with E-state index in [1.165, 1.54) is 6.92 Å². The van der Waals surface area contributed by atoms with E-state index in [1.807, 2.05) is 38.1 Å². The minimum atomic E-state index is -0.232. The highest BCUT2D eigenvalue weighted by Crippen LogP contribution is 2.23. The minimum absolute atomic E-state index is 0.0588. The first-order chi connectivity index (χ1) is 8.31. The number of rotatable bonds is 5. The van der Waals surface area contributed by atoms with Gasteiger partial charge in [-0.15, -0.1) is 0 Å². The van der Waals surface area contributed by atoms with Crippen molar-refractivity contribution in [3.8, 4) is 0 Å². The van der Waals surface area contributed by atoms with Gasteiger partial charge in [0, 0.05) is 17.0 Å². The summed E-state index contributed by atoms with van der Waals surface area (Å²) in [6.07, 6.45) is -0.0588. The lowest BCUT2D eigenvalue weighted by molar-refractivity contribution is -0.127. The molecule has 1 aromatic carbocycles. The number of carbonyl (C=O) groups excluding carboxylic acids is 2. The second-order valence-corrected chi connectivity index (χ2v) is 5.48. The fourth-order valence-electron chi connectivity index (χ4n) is 1.61. The molecule has 0 saturated heterocycles. The van der Waals surface area contributed by atoms with Crippen molar-refractivity contribution in [1.82, 2.24) is 5.32 Å². The van der Waals surface area contributed by atoms with Gasteiger partial charge in [-0.1, -0.05) is 37.6 Å². The molecule has 18 heavy (non-hydrogen) atoms. The zero-order valence-electron chi connectivity index (χ0n) is 10.9. The van der Waals surface area contributed by atoms with E-state index in [2.05, 4.69) is 5.32 Å². The van der Waals surface area contributed by atoms with Gasteiger partial charge in [0.15, 0.2) is 0 Å². The maximum Gasteiger partial charge on any atom is 0.227 e. The largest absolute Gasteiger partial charge is 0.355 e. The topological polar surface area (TPSA) is 46.2 Å². The quantitative estimate of drug-likeness (QED) is 0.834. The van der Waals surface area contributed by atoms with Crippen molar-refractivity contribution < 1.29 is 9.59 Å². The van der Waals surface area contributed by atoms with E-state index >= 15 is 0 Å². The standard InChI is InChI=1S/C14H18ClNO2/c1-10(17)8-13(18)16-9-14(2,3)11-4-6-12(15)7-5-11/h4-7H,8-9H2,1-3H3,(H,16,18). The highest BCUT2D eigenvalue weighted by Gasteiger charge is 2.21. The fraction of sp³-hybridized carbons (Fsp3) is 0.429. The summed E-state index contributed by atoms with van der Waals surface area (Å²) in [4.78, 5) is 22.2. The van der Waals surface area contributed by atoms with Crippen LogP contribution in [0, 0.1) is 0 Å². The Hall–Kier alpha value is -1.35. The Bertz CT molecular complexity index is 438. The lowest BCUT2D eigenvalue weighted by atomic mass is 9.84. The smallest absolute Gasteiger partial charge is 0.227 e. The van der Waals surface area contributed by atoms with Gasteiger partial charge in [0.1, 0.15) is 5.78 Å². The van der Waals surface area contributed by atoms with Gasteiger partial charge in [0.2, 0.25) is 5.91 Å². The third kappa shape index (κ3) is 4.49. The van der Waals surface area contributed by atoms with E-state index in [-0.39, 0.29) is 23.5 Å². The third-order valence-corrected chi connectivity index (χ3v) is 3.01. The fourth-order valence-corrected chi connectivity index (χ4v) is 1.74. The molecule has 1 aromatic rings. The van der Waals surface area contributed by atoms with Crippen LogP contribution < -0.4 is 5.32 Å². The van der Waals surface area contributed by atoms with Crippen LogP contribution in [0.5, 0.6) is 0 Å². The predicted molar refractivity (Wildman–Crippen MR) is 72.8 cm³/mol. The molecule has 0 atom stereocenters. The first-order valence-corrected chi connectivity index (χ1v) is 6.21. The number of Topliss-reactive ketones (excluding diaryl/α,β-unsaturated/α-hetero) is 1. The summed E-state index contributed by atoms with van der Waals surface area (Å²) in [7, 11) is 0. The second kappa shape index (κ2) is 6.01. The van der Waals surface area contributed by atoms with Crippen molar-refractivity contribution >= 4 is 23.3 Å². The summed E-state index contributed by atoms with van der Waals surface area (Å²) in [5, 5.41) is 3.46. The number of ketones is 1. The lowest BCUT2D eigenvalue weighted by Gasteiger charge is -2.25. The second-order valence-electron chi connectivity index (χ2n) is 5.05.